The topological polar surface area (TPSA) is 147 Å². The number of esters is 1. The number of imidazole rings is 1. The van der Waals surface area contributed by atoms with Gasteiger partial charge in [0, 0.05) is 11.8 Å². The average molecular weight is 628 g/mol. The molecule has 12 nitrogen and oxygen atoms in total. The summed E-state index contributed by atoms with van der Waals surface area (Å²) in [5.74, 6) is 0.0637. The predicted octanol–water partition coefficient (Wildman–Crippen LogP) is 5.26. The first-order valence-electron chi connectivity index (χ1n) is 14.7. The Hall–Kier alpha value is -3.64. The highest BCUT2D eigenvalue weighted by Gasteiger charge is 2.48. The number of aromatic nitrogens is 4. The maximum Gasteiger partial charge on any atom is 0.459 e. The van der Waals surface area contributed by atoms with Crippen LogP contribution in [-0.2, 0) is 23.4 Å². The second-order valence-electron chi connectivity index (χ2n) is 11.6. The van der Waals surface area contributed by atoms with Crippen LogP contribution in [0.25, 0.3) is 21.9 Å². The van der Waals surface area contributed by atoms with Gasteiger partial charge in [0.15, 0.2) is 23.1 Å². The van der Waals surface area contributed by atoms with Gasteiger partial charge in [0.25, 0.3) is 5.56 Å². The number of hydrogen-bond acceptors (Lipinski definition) is 9. The van der Waals surface area contributed by atoms with Gasteiger partial charge in [0.2, 0.25) is 0 Å². The molecule has 1 aliphatic heterocycles. The maximum atomic E-state index is 15.9. The minimum Gasteiger partial charge on any atom is -0.461 e. The smallest absolute Gasteiger partial charge is 0.459 e. The predicted molar refractivity (Wildman–Crippen MR) is 160 cm³/mol. The van der Waals surface area contributed by atoms with E-state index in [2.05, 4.69) is 20.0 Å². The molecule has 0 radical (unpaired) electrons. The molecule has 4 aromatic rings. The molecule has 2 aromatic carbocycles. The number of nitrogens with one attached hydrogen (secondary N) is 2. The quantitative estimate of drug-likeness (QED) is 0.176. The van der Waals surface area contributed by atoms with E-state index in [0.717, 1.165) is 31.1 Å². The SMILES string of the molecule is Cc1nc2c(ncn2C2OC(CO[P@@](=O)(N[C@@H](C)C(=O)OC3CCCC3)Oc3cccc4ccccc34)CC2(C)F)c(=O)[nH]1. The number of aryl methyl sites for hydroxylation is 1. The van der Waals surface area contributed by atoms with E-state index in [1.54, 1.807) is 19.1 Å². The van der Waals surface area contributed by atoms with Crippen molar-refractivity contribution in [2.75, 3.05) is 6.61 Å². The average Bonchev–Trinajstić information content (AvgIpc) is 3.71. The number of rotatable bonds is 10. The van der Waals surface area contributed by atoms with E-state index in [9.17, 15) is 14.2 Å². The fourth-order valence-corrected chi connectivity index (χ4v) is 7.36. The van der Waals surface area contributed by atoms with Crippen molar-refractivity contribution in [1.82, 2.24) is 24.6 Å². The zero-order chi connectivity index (χ0) is 31.1. The van der Waals surface area contributed by atoms with Crippen molar-refractivity contribution >= 4 is 35.7 Å². The zero-order valence-corrected chi connectivity index (χ0v) is 25.6. The molecule has 0 amide bonds. The van der Waals surface area contributed by atoms with Gasteiger partial charge in [-0.25, -0.2) is 18.9 Å². The van der Waals surface area contributed by atoms with Crippen molar-refractivity contribution in [3.8, 4) is 5.75 Å². The van der Waals surface area contributed by atoms with Crippen LogP contribution in [0, 0.1) is 6.92 Å². The third-order valence-electron chi connectivity index (χ3n) is 7.96. The zero-order valence-electron chi connectivity index (χ0n) is 24.7. The highest BCUT2D eigenvalue weighted by Crippen LogP contribution is 2.49. The Labute approximate surface area is 252 Å². The molecule has 1 aliphatic carbocycles. The van der Waals surface area contributed by atoms with Crippen molar-refractivity contribution in [2.45, 2.75) is 83.0 Å². The summed E-state index contributed by atoms with van der Waals surface area (Å²) in [5.41, 5.74) is -2.11. The molecule has 5 atom stereocenters. The molecule has 234 valence electrons. The van der Waals surface area contributed by atoms with Gasteiger partial charge in [0.1, 0.15) is 23.7 Å². The van der Waals surface area contributed by atoms with Crippen LogP contribution in [0.1, 0.15) is 58.0 Å². The van der Waals surface area contributed by atoms with Gasteiger partial charge in [-0.15, -0.1) is 0 Å². The molecule has 0 spiro atoms. The van der Waals surface area contributed by atoms with E-state index in [-0.39, 0.29) is 36.0 Å². The Morgan fingerprint density at radius 3 is 2.80 bits per heavy atom. The maximum absolute atomic E-state index is 15.9. The molecule has 2 fully saturated rings. The van der Waals surface area contributed by atoms with Crippen LogP contribution in [0.15, 0.2) is 53.6 Å². The van der Waals surface area contributed by atoms with Crippen molar-refractivity contribution in [3.63, 3.8) is 0 Å². The molecule has 14 heteroatoms. The number of ether oxygens (including phenoxy) is 2. The highest BCUT2D eigenvalue weighted by atomic mass is 31.2. The summed E-state index contributed by atoms with van der Waals surface area (Å²) in [4.78, 5) is 36.2. The van der Waals surface area contributed by atoms with E-state index in [1.807, 2.05) is 30.3 Å². The van der Waals surface area contributed by atoms with Crippen LogP contribution in [0.5, 0.6) is 5.75 Å². The largest absolute Gasteiger partial charge is 0.461 e. The Morgan fingerprint density at radius 2 is 2.00 bits per heavy atom. The summed E-state index contributed by atoms with van der Waals surface area (Å²) in [5, 5.41) is 4.28. The van der Waals surface area contributed by atoms with E-state index in [4.69, 9.17) is 18.5 Å². The molecular formula is C30H35FN5O7P. The van der Waals surface area contributed by atoms with Crippen LogP contribution in [0.3, 0.4) is 0 Å². The van der Waals surface area contributed by atoms with Crippen LogP contribution < -0.4 is 15.2 Å². The Bertz CT molecular complexity index is 1780. The molecule has 2 N–H and O–H groups in total. The Morgan fingerprint density at radius 1 is 1.25 bits per heavy atom. The highest BCUT2D eigenvalue weighted by molar-refractivity contribution is 7.52. The lowest BCUT2D eigenvalue weighted by atomic mass is 10.0. The lowest BCUT2D eigenvalue weighted by molar-refractivity contribution is -0.150. The number of hydrogen-bond donors (Lipinski definition) is 2. The Balaban J connectivity index is 1.22. The molecule has 3 heterocycles. The summed E-state index contributed by atoms with van der Waals surface area (Å²) >= 11 is 0. The van der Waals surface area contributed by atoms with Crippen molar-refractivity contribution < 1.29 is 32.3 Å². The second-order valence-corrected chi connectivity index (χ2v) is 13.3. The third-order valence-corrected chi connectivity index (χ3v) is 9.58. The third kappa shape index (κ3) is 6.28. The molecule has 0 bridgehead atoms. The van der Waals surface area contributed by atoms with Gasteiger partial charge < -0.3 is 19.0 Å². The molecule has 1 saturated carbocycles. The first-order valence-corrected chi connectivity index (χ1v) is 16.2. The summed E-state index contributed by atoms with van der Waals surface area (Å²) in [6, 6.07) is 11.7. The van der Waals surface area contributed by atoms with E-state index < -0.39 is 43.3 Å². The van der Waals surface area contributed by atoms with Crippen molar-refractivity contribution in [1.29, 1.82) is 0 Å². The normalized spacial score (nSPS) is 24.5. The van der Waals surface area contributed by atoms with Crippen LogP contribution in [-0.4, -0.2) is 56.0 Å². The summed E-state index contributed by atoms with van der Waals surface area (Å²) in [7, 11) is -4.26. The summed E-state index contributed by atoms with van der Waals surface area (Å²) in [6.45, 7) is 4.19. The van der Waals surface area contributed by atoms with Crippen LogP contribution >= 0.6 is 7.75 Å². The number of alkyl halides is 1. The van der Waals surface area contributed by atoms with Crippen molar-refractivity contribution in [2.24, 2.45) is 0 Å². The minimum atomic E-state index is -4.26. The van der Waals surface area contributed by atoms with Crippen LogP contribution in [0.2, 0.25) is 0 Å². The first kappa shape index (κ1) is 30.4. The number of nitrogens with zero attached hydrogens (tertiary/aromatic N) is 3. The number of carbonyl (C=O) groups is 1. The summed E-state index contributed by atoms with van der Waals surface area (Å²) in [6.07, 6.45) is 2.53. The molecular weight excluding hydrogens is 592 g/mol. The number of carbonyl (C=O) groups excluding carboxylic acids is 1. The van der Waals surface area contributed by atoms with Gasteiger partial charge in [-0.1, -0.05) is 36.4 Å². The van der Waals surface area contributed by atoms with Crippen molar-refractivity contribution in [3.05, 3.63) is 65.0 Å². The fraction of sp³-hybridized carbons (Fsp3) is 0.467. The van der Waals surface area contributed by atoms with E-state index in [0.29, 0.717) is 11.2 Å². The molecule has 6 rings (SSSR count). The number of aromatic amines is 1. The lowest BCUT2D eigenvalue weighted by Crippen LogP contribution is -2.37. The fourth-order valence-electron chi connectivity index (χ4n) is 5.82. The van der Waals surface area contributed by atoms with Gasteiger partial charge in [0.05, 0.1) is 19.0 Å². The van der Waals surface area contributed by atoms with Gasteiger partial charge in [-0.2, -0.15) is 5.09 Å². The number of fused-ring (bicyclic) bond motifs is 2. The van der Waals surface area contributed by atoms with E-state index in [1.165, 1.54) is 24.7 Å². The number of H-pyrrole nitrogens is 1. The lowest BCUT2D eigenvalue weighted by Gasteiger charge is -2.25. The van der Waals surface area contributed by atoms with Gasteiger partial charge >= 0.3 is 13.7 Å². The molecule has 2 aromatic heterocycles. The molecule has 3 unspecified atom stereocenters. The molecule has 2 aliphatic rings. The molecule has 44 heavy (non-hydrogen) atoms. The standard InChI is InChI=1S/C30H35FN5O7P/c1-18(28(38)41-21-11-5-6-12-21)35-44(39,43-24-14-8-10-20-9-4-7-13-23(20)24)40-16-22-15-30(3,31)29(42-22)36-17-32-25-26(36)33-19(2)34-27(25)37/h4,7-10,13-14,17-18,21-22,29H,5-6,11-12,15-16H2,1-3H3,(H,35,39)(H,33,34,37)/t18-,22?,29?,30?,44-/m0/s1. The second kappa shape index (κ2) is 12.0. The van der Waals surface area contributed by atoms with Gasteiger partial charge in [-0.3, -0.25) is 18.7 Å². The number of halogens is 1. The van der Waals surface area contributed by atoms with Crippen LogP contribution in [0.4, 0.5) is 4.39 Å². The van der Waals surface area contributed by atoms with E-state index >= 15 is 4.39 Å². The van der Waals surface area contributed by atoms with Gasteiger partial charge in [-0.05, 0) is 57.9 Å². The first-order chi connectivity index (χ1) is 21.0. The number of benzene rings is 2. The summed E-state index contributed by atoms with van der Waals surface area (Å²) < 4.78 is 55.1. The molecule has 1 saturated heterocycles. The monoisotopic (exact) mass is 627 g/mol. The minimum absolute atomic E-state index is 0.0605. The Kier molecular flexibility index (Phi) is 8.31.